The number of nitrogens with one attached hydrogen (secondary N) is 1. The molecule has 0 bridgehead atoms. The molecule has 90 valence electrons. The van der Waals surface area contributed by atoms with Gasteiger partial charge in [0.2, 0.25) is 0 Å². The predicted octanol–water partition coefficient (Wildman–Crippen LogP) is 2.59. The summed E-state index contributed by atoms with van der Waals surface area (Å²) in [6.07, 6.45) is 0. The third-order valence-corrected chi connectivity index (χ3v) is 3.27. The van der Waals surface area contributed by atoms with Crippen LogP contribution in [0.3, 0.4) is 0 Å². The van der Waals surface area contributed by atoms with E-state index in [1.54, 1.807) is 24.3 Å². The summed E-state index contributed by atoms with van der Waals surface area (Å²) in [5, 5.41) is 4.13. The first-order valence-electron chi connectivity index (χ1n) is 5.40. The molecule has 5 heteroatoms. The zero-order chi connectivity index (χ0) is 12.6. The maximum atomic E-state index is 12.2. The maximum Gasteiger partial charge on any atom is 0.256 e. The van der Waals surface area contributed by atoms with Crippen molar-refractivity contribution in [2.75, 3.05) is 4.90 Å². The topological polar surface area (TPSA) is 32.3 Å². The van der Waals surface area contributed by atoms with Gasteiger partial charge >= 0.3 is 0 Å². The second-order valence-electron chi connectivity index (χ2n) is 4.32. The Balaban J connectivity index is 2.30. The zero-order valence-corrected chi connectivity index (χ0v) is 11.2. The first kappa shape index (κ1) is 12.3. The number of nitrogens with zero attached hydrogens (tertiary/aromatic N) is 1. The molecule has 0 aromatic heterocycles. The van der Waals surface area contributed by atoms with E-state index in [2.05, 4.69) is 5.32 Å². The molecule has 0 radical (unpaired) electrons. The van der Waals surface area contributed by atoms with Crippen LogP contribution in [-0.4, -0.2) is 17.1 Å². The highest BCUT2D eigenvalue weighted by atomic mass is 35.5. The third kappa shape index (κ3) is 2.28. The van der Waals surface area contributed by atoms with Crippen molar-refractivity contribution in [3.05, 3.63) is 29.3 Å². The quantitative estimate of drug-likeness (QED) is 0.837. The number of amides is 1. The van der Waals surface area contributed by atoms with Crippen LogP contribution in [0.15, 0.2) is 24.3 Å². The van der Waals surface area contributed by atoms with Crippen molar-refractivity contribution in [1.82, 2.24) is 5.32 Å². The van der Waals surface area contributed by atoms with Crippen LogP contribution in [0.5, 0.6) is 0 Å². The molecule has 1 aromatic rings. The van der Waals surface area contributed by atoms with Gasteiger partial charge in [0.15, 0.2) is 5.11 Å². The van der Waals surface area contributed by atoms with Crippen molar-refractivity contribution in [3.8, 4) is 0 Å². The van der Waals surface area contributed by atoms with E-state index in [0.29, 0.717) is 10.1 Å². The molecule has 1 atom stereocenters. The van der Waals surface area contributed by atoms with Crippen LogP contribution in [0.1, 0.15) is 13.8 Å². The molecule has 2 rings (SSSR count). The fraction of sp³-hybridized carbons (Fsp3) is 0.333. The fourth-order valence-electron chi connectivity index (χ4n) is 1.78. The molecule has 1 aliphatic rings. The Bertz CT molecular complexity index is 458. The van der Waals surface area contributed by atoms with Gasteiger partial charge in [-0.15, -0.1) is 0 Å². The number of hydrogen-bond donors (Lipinski definition) is 1. The Labute approximate surface area is 111 Å². The van der Waals surface area contributed by atoms with E-state index in [1.165, 1.54) is 4.90 Å². The summed E-state index contributed by atoms with van der Waals surface area (Å²) in [7, 11) is 0. The molecule has 1 N–H and O–H groups in total. The number of carbonyl (C=O) groups excluding carboxylic acids is 1. The first-order chi connectivity index (χ1) is 8.00. The van der Waals surface area contributed by atoms with Crippen LogP contribution in [0, 0.1) is 5.92 Å². The lowest BCUT2D eigenvalue weighted by Crippen LogP contribution is -2.34. The molecule has 1 fully saturated rings. The summed E-state index contributed by atoms with van der Waals surface area (Å²) in [6.45, 7) is 3.98. The number of hydrogen-bond acceptors (Lipinski definition) is 2. The minimum absolute atomic E-state index is 0.00711. The lowest BCUT2D eigenvalue weighted by molar-refractivity contribution is -0.119. The minimum atomic E-state index is -0.238. The number of anilines is 1. The van der Waals surface area contributed by atoms with Gasteiger partial charge in [-0.05, 0) is 42.4 Å². The van der Waals surface area contributed by atoms with Gasteiger partial charge in [-0.25, -0.2) is 0 Å². The second kappa shape index (κ2) is 4.63. The highest BCUT2D eigenvalue weighted by Gasteiger charge is 2.37. The molecule has 0 aliphatic carbocycles. The van der Waals surface area contributed by atoms with Gasteiger partial charge in [-0.2, -0.15) is 0 Å². The Hall–Kier alpha value is -1.13. The van der Waals surface area contributed by atoms with Crippen LogP contribution in [0.2, 0.25) is 5.02 Å². The molecule has 0 saturated carbocycles. The molecule has 3 nitrogen and oxygen atoms in total. The zero-order valence-electron chi connectivity index (χ0n) is 9.61. The average Bonchev–Trinajstić information content (AvgIpc) is 2.56. The van der Waals surface area contributed by atoms with Crippen molar-refractivity contribution in [3.63, 3.8) is 0 Å². The summed E-state index contributed by atoms with van der Waals surface area (Å²) in [6, 6.07) is 6.83. The number of rotatable bonds is 2. The van der Waals surface area contributed by atoms with Crippen LogP contribution >= 0.6 is 23.8 Å². The number of thiocarbonyl (C=S) groups is 1. The lowest BCUT2D eigenvalue weighted by atomic mass is 10.0. The largest absolute Gasteiger partial charge is 0.350 e. The highest BCUT2D eigenvalue weighted by molar-refractivity contribution is 7.80. The summed E-state index contributed by atoms with van der Waals surface area (Å²) in [4.78, 5) is 13.7. The second-order valence-corrected chi connectivity index (χ2v) is 5.14. The third-order valence-electron chi connectivity index (χ3n) is 2.72. The molecule has 1 amide bonds. The average molecular weight is 269 g/mol. The minimum Gasteiger partial charge on any atom is -0.350 e. The van der Waals surface area contributed by atoms with Gasteiger partial charge < -0.3 is 5.32 Å². The standard InChI is InChI=1S/C12H13ClN2OS/c1-7(2)10-11(16)15(12(17)14-10)9-5-3-8(13)4-6-9/h3-7,10H,1-2H3,(H,14,17). The molecule has 1 heterocycles. The maximum absolute atomic E-state index is 12.2. The van der Waals surface area contributed by atoms with E-state index < -0.39 is 0 Å². The van der Waals surface area contributed by atoms with Gasteiger partial charge in [0.1, 0.15) is 6.04 Å². The Kier molecular flexibility index (Phi) is 3.35. The van der Waals surface area contributed by atoms with Crippen LogP contribution in [0.25, 0.3) is 0 Å². The number of carbonyl (C=O) groups is 1. The number of benzene rings is 1. The molecule has 1 saturated heterocycles. The van der Waals surface area contributed by atoms with Crippen molar-refractivity contribution >= 4 is 40.5 Å². The van der Waals surface area contributed by atoms with Gasteiger partial charge in [0.05, 0.1) is 5.69 Å². The van der Waals surface area contributed by atoms with Crippen LogP contribution in [0.4, 0.5) is 5.69 Å². The smallest absolute Gasteiger partial charge is 0.256 e. The molecule has 0 spiro atoms. The monoisotopic (exact) mass is 268 g/mol. The van der Waals surface area contributed by atoms with Gasteiger partial charge in [-0.3, -0.25) is 9.69 Å². The van der Waals surface area contributed by atoms with E-state index in [0.717, 1.165) is 5.69 Å². The lowest BCUT2D eigenvalue weighted by Gasteiger charge is -2.15. The normalized spacial score (nSPS) is 20.0. The summed E-state index contributed by atoms with van der Waals surface area (Å²) in [5.74, 6) is 0.199. The van der Waals surface area contributed by atoms with Crippen LogP contribution < -0.4 is 10.2 Å². The molecular weight excluding hydrogens is 256 g/mol. The highest BCUT2D eigenvalue weighted by Crippen LogP contribution is 2.23. The van der Waals surface area contributed by atoms with E-state index >= 15 is 0 Å². The molecule has 1 aromatic carbocycles. The fourth-order valence-corrected chi connectivity index (χ4v) is 2.23. The molecule has 1 unspecified atom stereocenters. The summed E-state index contributed by atoms with van der Waals surface area (Å²) >= 11 is 11.0. The Morgan fingerprint density at radius 3 is 2.41 bits per heavy atom. The van der Waals surface area contributed by atoms with Gasteiger partial charge in [0, 0.05) is 5.02 Å². The van der Waals surface area contributed by atoms with Crippen molar-refractivity contribution < 1.29 is 4.79 Å². The summed E-state index contributed by atoms with van der Waals surface area (Å²) < 4.78 is 0. The number of halogens is 1. The van der Waals surface area contributed by atoms with E-state index in [-0.39, 0.29) is 17.9 Å². The van der Waals surface area contributed by atoms with E-state index in [1.807, 2.05) is 13.8 Å². The van der Waals surface area contributed by atoms with Crippen molar-refractivity contribution in [2.24, 2.45) is 5.92 Å². The molecule has 1 aliphatic heterocycles. The van der Waals surface area contributed by atoms with Crippen molar-refractivity contribution in [1.29, 1.82) is 0 Å². The van der Waals surface area contributed by atoms with Crippen molar-refractivity contribution in [2.45, 2.75) is 19.9 Å². The summed E-state index contributed by atoms with van der Waals surface area (Å²) in [5.41, 5.74) is 0.750. The Morgan fingerprint density at radius 2 is 1.94 bits per heavy atom. The van der Waals surface area contributed by atoms with Crippen LogP contribution in [-0.2, 0) is 4.79 Å². The first-order valence-corrected chi connectivity index (χ1v) is 6.19. The van der Waals surface area contributed by atoms with Gasteiger partial charge in [-0.1, -0.05) is 25.4 Å². The van der Waals surface area contributed by atoms with E-state index in [4.69, 9.17) is 23.8 Å². The van der Waals surface area contributed by atoms with Gasteiger partial charge in [0.25, 0.3) is 5.91 Å². The van der Waals surface area contributed by atoms with E-state index in [9.17, 15) is 4.79 Å². The molecular formula is C12H13ClN2OS. The SMILES string of the molecule is CC(C)C1NC(=S)N(c2ccc(Cl)cc2)C1=O. The Morgan fingerprint density at radius 1 is 1.35 bits per heavy atom. The predicted molar refractivity (Wildman–Crippen MR) is 73.3 cm³/mol. The molecule has 17 heavy (non-hydrogen) atoms.